The quantitative estimate of drug-likeness (QED) is 0.742. The largest absolute Gasteiger partial charge is 0.478 e. The second-order valence-electron chi connectivity index (χ2n) is 6.25. The molecule has 2 aromatic rings. The molecule has 0 saturated carbocycles. The highest BCUT2D eigenvalue weighted by Crippen LogP contribution is 2.20. The number of carboxylic acids is 1. The van der Waals surface area contributed by atoms with Gasteiger partial charge in [0.1, 0.15) is 0 Å². The molecular weight excluding hydrogens is 332 g/mol. The average molecular weight is 354 g/mol. The van der Waals surface area contributed by atoms with Crippen LogP contribution in [0.4, 0.5) is 5.69 Å². The molecule has 2 amide bonds. The number of benzene rings is 2. The lowest BCUT2D eigenvalue weighted by atomic mass is 10.0. The number of rotatable bonds is 6. The van der Waals surface area contributed by atoms with Gasteiger partial charge in [0, 0.05) is 12.6 Å². The Labute approximate surface area is 152 Å². The summed E-state index contributed by atoms with van der Waals surface area (Å²) in [6, 6.07) is 11.8. The molecule has 1 unspecified atom stereocenters. The van der Waals surface area contributed by atoms with Gasteiger partial charge in [-0.15, -0.1) is 0 Å². The second-order valence-corrected chi connectivity index (χ2v) is 6.25. The molecule has 2 aromatic carbocycles. The SMILES string of the molecule is CC(=O)NC(CC(=O)Nc1ccc(C)c(C(=O)O)c1)c1ccc(C)cc1. The van der Waals surface area contributed by atoms with E-state index in [2.05, 4.69) is 10.6 Å². The molecule has 26 heavy (non-hydrogen) atoms. The summed E-state index contributed by atoms with van der Waals surface area (Å²) < 4.78 is 0. The lowest BCUT2D eigenvalue weighted by molar-refractivity contribution is -0.120. The Balaban J connectivity index is 2.14. The summed E-state index contributed by atoms with van der Waals surface area (Å²) in [6.45, 7) is 5.05. The molecule has 6 nitrogen and oxygen atoms in total. The molecule has 1 atom stereocenters. The zero-order valence-electron chi connectivity index (χ0n) is 15.0. The molecule has 2 rings (SSSR count). The number of carbonyl (C=O) groups is 3. The van der Waals surface area contributed by atoms with Crippen molar-refractivity contribution in [3.05, 3.63) is 64.7 Å². The van der Waals surface area contributed by atoms with E-state index in [4.69, 9.17) is 0 Å². The van der Waals surface area contributed by atoms with Crippen LogP contribution in [-0.4, -0.2) is 22.9 Å². The molecule has 6 heteroatoms. The number of anilines is 1. The zero-order chi connectivity index (χ0) is 19.3. The topological polar surface area (TPSA) is 95.5 Å². The Morgan fingerprint density at radius 1 is 1.04 bits per heavy atom. The van der Waals surface area contributed by atoms with Crippen LogP contribution in [0.15, 0.2) is 42.5 Å². The lowest BCUT2D eigenvalue weighted by Crippen LogP contribution is -2.29. The van der Waals surface area contributed by atoms with Gasteiger partial charge >= 0.3 is 5.97 Å². The molecule has 0 aliphatic rings. The standard InChI is InChI=1S/C20H22N2O4/c1-12-4-7-15(8-5-12)18(21-14(3)23)11-19(24)22-16-9-6-13(2)17(10-16)20(25)26/h4-10,18H,11H2,1-3H3,(H,21,23)(H,22,24)(H,25,26). The van der Waals surface area contributed by atoms with Crippen molar-refractivity contribution in [1.29, 1.82) is 0 Å². The smallest absolute Gasteiger partial charge is 0.336 e. The first kappa shape index (κ1) is 19.2. The first-order chi connectivity index (χ1) is 12.3. The molecule has 3 N–H and O–H groups in total. The van der Waals surface area contributed by atoms with Crippen LogP contribution in [0.25, 0.3) is 0 Å². The maximum absolute atomic E-state index is 12.4. The molecule has 0 spiro atoms. The predicted octanol–water partition coefficient (Wildman–Crippen LogP) is 3.21. The van der Waals surface area contributed by atoms with Gasteiger partial charge in [-0.1, -0.05) is 35.9 Å². The van der Waals surface area contributed by atoms with Crippen LogP contribution in [0.1, 0.15) is 46.4 Å². The number of aromatic carboxylic acids is 1. The van der Waals surface area contributed by atoms with Gasteiger partial charge in [-0.2, -0.15) is 0 Å². The average Bonchev–Trinajstić information content (AvgIpc) is 2.56. The predicted molar refractivity (Wildman–Crippen MR) is 99.1 cm³/mol. The van der Waals surface area contributed by atoms with Crippen molar-refractivity contribution < 1.29 is 19.5 Å². The van der Waals surface area contributed by atoms with Gasteiger partial charge in [-0.25, -0.2) is 4.79 Å². The van der Waals surface area contributed by atoms with E-state index in [1.165, 1.54) is 13.0 Å². The molecule has 0 aliphatic carbocycles. The highest BCUT2D eigenvalue weighted by atomic mass is 16.4. The van der Waals surface area contributed by atoms with E-state index in [0.29, 0.717) is 11.3 Å². The van der Waals surface area contributed by atoms with Crippen LogP contribution in [0.3, 0.4) is 0 Å². The van der Waals surface area contributed by atoms with Crippen LogP contribution in [0, 0.1) is 13.8 Å². The summed E-state index contributed by atoms with van der Waals surface area (Å²) >= 11 is 0. The molecular formula is C20H22N2O4. The fourth-order valence-corrected chi connectivity index (χ4v) is 2.62. The third kappa shape index (κ3) is 5.17. The minimum atomic E-state index is -1.05. The molecule has 0 saturated heterocycles. The van der Waals surface area contributed by atoms with Gasteiger partial charge in [0.05, 0.1) is 18.0 Å². The number of hydrogen-bond acceptors (Lipinski definition) is 3. The van der Waals surface area contributed by atoms with E-state index in [9.17, 15) is 19.5 Å². The van der Waals surface area contributed by atoms with Crippen molar-refractivity contribution in [2.24, 2.45) is 0 Å². The van der Waals surface area contributed by atoms with E-state index in [1.807, 2.05) is 31.2 Å². The summed E-state index contributed by atoms with van der Waals surface area (Å²) in [6.07, 6.45) is 0.0406. The monoisotopic (exact) mass is 354 g/mol. The van der Waals surface area contributed by atoms with Crippen molar-refractivity contribution in [3.63, 3.8) is 0 Å². The van der Waals surface area contributed by atoms with Gasteiger partial charge in [0.2, 0.25) is 11.8 Å². The highest BCUT2D eigenvalue weighted by Gasteiger charge is 2.18. The third-order valence-electron chi connectivity index (χ3n) is 4.00. The summed E-state index contributed by atoms with van der Waals surface area (Å²) in [5.41, 5.74) is 3.08. The van der Waals surface area contributed by atoms with E-state index in [-0.39, 0.29) is 23.8 Å². The van der Waals surface area contributed by atoms with E-state index in [1.54, 1.807) is 19.1 Å². The Bertz CT molecular complexity index is 828. The third-order valence-corrected chi connectivity index (χ3v) is 4.00. The number of aryl methyl sites for hydroxylation is 2. The van der Waals surface area contributed by atoms with Crippen LogP contribution >= 0.6 is 0 Å². The number of amides is 2. The number of carbonyl (C=O) groups excluding carboxylic acids is 2. The van der Waals surface area contributed by atoms with E-state index >= 15 is 0 Å². The summed E-state index contributed by atoms with van der Waals surface area (Å²) in [7, 11) is 0. The normalized spacial score (nSPS) is 11.5. The molecule has 0 bridgehead atoms. The van der Waals surface area contributed by atoms with Crippen LogP contribution in [0.5, 0.6) is 0 Å². The Morgan fingerprint density at radius 2 is 1.69 bits per heavy atom. The number of nitrogens with one attached hydrogen (secondary N) is 2. The highest BCUT2D eigenvalue weighted by molar-refractivity contribution is 5.95. The summed E-state index contributed by atoms with van der Waals surface area (Å²) in [5, 5.41) is 14.7. The number of carboxylic acid groups (broad SMARTS) is 1. The first-order valence-electron chi connectivity index (χ1n) is 8.23. The van der Waals surface area contributed by atoms with Crippen molar-refractivity contribution in [1.82, 2.24) is 5.32 Å². The van der Waals surface area contributed by atoms with Gasteiger partial charge in [0.15, 0.2) is 0 Å². The summed E-state index contributed by atoms with van der Waals surface area (Å²) in [4.78, 5) is 35.1. The maximum Gasteiger partial charge on any atom is 0.336 e. The molecule has 0 heterocycles. The van der Waals surface area contributed by atoms with Crippen molar-refractivity contribution in [2.75, 3.05) is 5.32 Å². The van der Waals surface area contributed by atoms with Crippen LogP contribution in [0.2, 0.25) is 0 Å². The summed E-state index contributed by atoms with van der Waals surface area (Å²) in [5.74, 6) is -1.59. The first-order valence-corrected chi connectivity index (χ1v) is 8.23. The minimum absolute atomic E-state index is 0.0406. The minimum Gasteiger partial charge on any atom is -0.478 e. The van der Waals surface area contributed by atoms with Gasteiger partial charge < -0.3 is 15.7 Å². The zero-order valence-corrected chi connectivity index (χ0v) is 15.0. The van der Waals surface area contributed by atoms with E-state index < -0.39 is 12.0 Å². The molecule has 0 radical (unpaired) electrons. The molecule has 0 aliphatic heterocycles. The van der Waals surface area contributed by atoms with Crippen molar-refractivity contribution >= 4 is 23.5 Å². The van der Waals surface area contributed by atoms with Crippen molar-refractivity contribution in [3.8, 4) is 0 Å². The van der Waals surface area contributed by atoms with Crippen molar-refractivity contribution in [2.45, 2.75) is 33.2 Å². The lowest BCUT2D eigenvalue weighted by Gasteiger charge is -2.18. The van der Waals surface area contributed by atoms with Gasteiger partial charge in [-0.3, -0.25) is 9.59 Å². The maximum atomic E-state index is 12.4. The Hall–Kier alpha value is -3.15. The molecule has 136 valence electrons. The Kier molecular flexibility index (Phi) is 6.11. The molecule has 0 aromatic heterocycles. The Morgan fingerprint density at radius 3 is 2.27 bits per heavy atom. The van der Waals surface area contributed by atoms with Crippen LogP contribution < -0.4 is 10.6 Å². The number of hydrogen-bond donors (Lipinski definition) is 3. The molecule has 0 fully saturated rings. The van der Waals surface area contributed by atoms with Gasteiger partial charge in [-0.05, 0) is 37.1 Å². The van der Waals surface area contributed by atoms with E-state index in [0.717, 1.165) is 11.1 Å². The fourth-order valence-electron chi connectivity index (χ4n) is 2.62. The van der Waals surface area contributed by atoms with Crippen LogP contribution in [-0.2, 0) is 9.59 Å². The fraction of sp³-hybridized carbons (Fsp3) is 0.250. The second kappa shape index (κ2) is 8.29. The van der Waals surface area contributed by atoms with Gasteiger partial charge in [0.25, 0.3) is 0 Å².